The Morgan fingerprint density at radius 3 is 2.64 bits per heavy atom. The molecule has 2 fully saturated rings. The van der Waals surface area contributed by atoms with Crippen molar-refractivity contribution in [3.63, 3.8) is 0 Å². The van der Waals surface area contributed by atoms with Gasteiger partial charge in [0, 0.05) is 18.0 Å². The second kappa shape index (κ2) is 6.76. The van der Waals surface area contributed by atoms with Gasteiger partial charge < -0.3 is 14.4 Å². The first-order chi connectivity index (χ1) is 13.6. The number of nitrogens with one attached hydrogen (secondary N) is 1. The summed E-state index contributed by atoms with van der Waals surface area (Å²) in [5.41, 5.74) is 5.17. The molecular weight excluding hydrogens is 352 g/mol. The highest BCUT2D eigenvalue weighted by Gasteiger charge is 2.30. The van der Waals surface area contributed by atoms with Gasteiger partial charge in [-0.15, -0.1) is 0 Å². The SMILES string of the molecule is Cc1noc(C)c1-c1ccc2c(c1)nc([C@@H]1CCC(=O)N1)n2C1CCCCC1. The number of imidazole rings is 1. The lowest BCUT2D eigenvalue weighted by Gasteiger charge is -2.27. The molecule has 28 heavy (non-hydrogen) atoms. The van der Waals surface area contributed by atoms with E-state index in [1.807, 2.05) is 13.8 Å². The average molecular weight is 378 g/mol. The number of nitrogens with zero attached hydrogens (tertiary/aromatic N) is 3. The third-order valence-corrected chi connectivity index (χ3v) is 6.29. The van der Waals surface area contributed by atoms with E-state index in [9.17, 15) is 4.79 Å². The summed E-state index contributed by atoms with van der Waals surface area (Å²) in [6.07, 6.45) is 7.62. The molecular formula is C22H26N4O2. The van der Waals surface area contributed by atoms with Crippen LogP contribution >= 0.6 is 0 Å². The van der Waals surface area contributed by atoms with E-state index in [4.69, 9.17) is 9.51 Å². The largest absolute Gasteiger partial charge is 0.361 e. The molecule has 6 heteroatoms. The maximum absolute atomic E-state index is 11.8. The van der Waals surface area contributed by atoms with E-state index in [1.165, 1.54) is 37.6 Å². The van der Waals surface area contributed by atoms with Crippen molar-refractivity contribution >= 4 is 16.9 Å². The fourth-order valence-corrected chi connectivity index (χ4v) is 4.94. The Labute approximate surface area is 164 Å². The summed E-state index contributed by atoms with van der Waals surface area (Å²) in [5.74, 6) is 1.97. The molecule has 0 bridgehead atoms. The monoisotopic (exact) mass is 378 g/mol. The summed E-state index contributed by atoms with van der Waals surface area (Å²) in [7, 11) is 0. The number of hydrogen-bond donors (Lipinski definition) is 1. The molecule has 0 radical (unpaired) electrons. The van der Waals surface area contributed by atoms with Gasteiger partial charge in [0.25, 0.3) is 0 Å². The second-order valence-corrected chi connectivity index (χ2v) is 8.19. The van der Waals surface area contributed by atoms with E-state index in [0.717, 1.165) is 40.3 Å². The lowest BCUT2D eigenvalue weighted by molar-refractivity contribution is -0.119. The van der Waals surface area contributed by atoms with E-state index in [1.54, 1.807) is 0 Å². The van der Waals surface area contributed by atoms with Crippen LogP contribution in [0.15, 0.2) is 22.7 Å². The number of carbonyl (C=O) groups excluding carboxylic acids is 1. The lowest BCUT2D eigenvalue weighted by Crippen LogP contribution is -2.24. The Bertz CT molecular complexity index is 1020. The van der Waals surface area contributed by atoms with Crippen molar-refractivity contribution in [2.45, 2.75) is 70.9 Å². The van der Waals surface area contributed by atoms with Crippen LogP contribution in [-0.2, 0) is 4.79 Å². The molecule has 146 valence electrons. The molecule has 1 N–H and O–H groups in total. The summed E-state index contributed by atoms with van der Waals surface area (Å²) in [6.45, 7) is 3.91. The van der Waals surface area contributed by atoms with Gasteiger partial charge in [-0.25, -0.2) is 4.98 Å². The highest BCUT2D eigenvalue weighted by Crippen LogP contribution is 2.37. The third kappa shape index (κ3) is 2.82. The molecule has 1 atom stereocenters. The molecule has 1 aromatic carbocycles. The van der Waals surface area contributed by atoms with Crippen molar-refractivity contribution in [3.8, 4) is 11.1 Å². The number of rotatable bonds is 3. The van der Waals surface area contributed by atoms with Gasteiger partial charge in [-0.05, 0) is 50.8 Å². The Kier molecular flexibility index (Phi) is 4.22. The van der Waals surface area contributed by atoms with E-state index in [0.29, 0.717) is 12.5 Å². The maximum atomic E-state index is 11.8. The standard InChI is InChI=1S/C22H26N4O2/c1-13-21(14(2)28-25-13)15-8-10-19-18(12-15)24-22(17-9-11-20(27)23-17)26(19)16-6-4-3-5-7-16/h8,10,12,16-17H,3-7,9,11H2,1-2H3,(H,23,27)/t17-/m0/s1. The van der Waals surface area contributed by atoms with Gasteiger partial charge in [-0.3, -0.25) is 4.79 Å². The number of aromatic nitrogens is 3. The molecule has 0 spiro atoms. The van der Waals surface area contributed by atoms with E-state index in [2.05, 4.69) is 33.2 Å². The molecule has 3 aromatic rings. The molecule has 1 aliphatic heterocycles. The topological polar surface area (TPSA) is 72.9 Å². The minimum absolute atomic E-state index is 0.0179. The Hall–Kier alpha value is -2.63. The maximum Gasteiger partial charge on any atom is 0.220 e. The molecule has 5 rings (SSSR count). The first-order valence-electron chi connectivity index (χ1n) is 10.4. The molecule has 3 heterocycles. The molecule has 1 amide bonds. The van der Waals surface area contributed by atoms with Crippen LogP contribution < -0.4 is 5.32 Å². The number of amides is 1. The van der Waals surface area contributed by atoms with Crippen LogP contribution in [0, 0.1) is 13.8 Å². The van der Waals surface area contributed by atoms with Gasteiger partial charge in [0.15, 0.2) is 0 Å². The van der Waals surface area contributed by atoms with Crippen molar-refractivity contribution in [1.29, 1.82) is 0 Å². The van der Waals surface area contributed by atoms with Crippen molar-refractivity contribution in [1.82, 2.24) is 20.0 Å². The van der Waals surface area contributed by atoms with Gasteiger partial charge in [0.1, 0.15) is 11.6 Å². The van der Waals surface area contributed by atoms with Crippen LogP contribution in [-0.4, -0.2) is 20.6 Å². The van der Waals surface area contributed by atoms with Gasteiger partial charge in [0.2, 0.25) is 5.91 Å². The summed E-state index contributed by atoms with van der Waals surface area (Å²) >= 11 is 0. The summed E-state index contributed by atoms with van der Waals surface area (Å²) in [5, 5.41) is 7.22. The fourth-order valence-electron chi connectivity index (χ4n) is 4.94. The zero-order valence-corrected chi connectivity index (χ0v) is 16.5. The number of aryl methyl sites for hydroxylation is 2. The first kappa shape index (κ1) is 17.5. The van der Waals surface area contributed by atoms with Crippen LogP contribution in [0.1, 0.15) is 74.3 Å². The molecule has 2 aliphatic rings. The lowest BCUT2D eigenvalue weighted by atomic mass is 9.94. The third-order valence-electron chi connectivity index (χ3n) is 6.29. The second-order valence-electron chi connectivity index (χ2n) is 8.19. The zero-order valence-electron chi connectivity index (χ0n) is 16.5. The number of fused-ring (bicyclic) bond motifs is 1. The van der Waals surface area contributed by atoms with Gasteiger partial charge in [-0.2, -0.15) is 0 Å². The molecule has 0 unspecified atom stereocenters. The Balaban J connectivity index is 1.65. The predicted molar refractivity (Wildman–Crippen MR) is 107 cm³/mol. The van der Waals surface area contributed by atoms with E-state index in [-0.39, 0.29) is 11.9 Å². The molecule has 1 saturated carbocycles. The minimum Gasteiger partial charge on any atom is -0.361 e. The average Bonchev–Trinajstić information content (AvgIpc) is 3.38. The molecule has 1 aliphatic carbocycles. The van der Waals surface area contributed by atoms with Gasteiger partial charge >= 0.3 is 0 Å². The number of hydrogen-bond acceptors (Lipinski definition) is 4. The summed E-state index contributed by atoms with van der Waals surface area (Å²) < 4.78 is 7.77. The first-order valence-corrected chi connectivity index (χ1v) is 10.4. The van der Waals surface area contributed by atoms with E-state index < -0.39 is 0 Å². The van der Waals surface area contributed by atoms with Crippen LogP contribution in [0.2, 0.25) is 0 Å². The summed E-state index contributed by atoms with van der Waals surface area (Å²) in [6, 6.07) is 6.95. The molecule has 1 saturated heterocycles. The molecule has 6 nitrogen and oxygen atoms in total. The quantitative estimate of drug-likeness (QED) is 0.713. The van der Waals surface area contributed by atoms with Gasteiger partial charge in [-0.1, -0.05) is 30.5 Å². The van der Waals surface area contributed by atoms with Crippen molar-refractivity contribution in [3.05, 3.63) is 35.5 Å². The normalized spacial score (nSPS) is 20.8. The highest BCUT2D eigenvalue weighted by molar-refractivity contribution is 5.84. The smallest absolute Gasteiger partial charge is 0.220 e. The van der Waals surface area contributed by atoms with Gasteiger partial charge in [0.05, 0.1) is 22.8 Å². The Morgan fingerprint density at radius 1 is 1.14 bits per heavy atom. The van der Waals surface area contributed by atoms with Crippen molar-refractivity contribution < 1.29 is 9.32 Å². The van der Waals surface area contributed by atoms with Crippen LogP contribution in [0.5, 0.6) is 0 Å². The number of carbonyl (C=O) groups is 1. The highest BCUT2D eigenvalue weighted by atomic mass is 16.5. The van der Waals surface area contributed by atoms with Crippen LogP contribution in [0.3, 0.4) is 0 Å². The van der Waals surface area contributed by atoms with Crippen molar-refractivity contribution in [2.75, 3.05) is 0 Å². The van der Waals surface area contributed by atoms with Crippen LogP contribution in [0.25, 0.3) is 22.2 Å². The van der Waals surface area contributed by atoms with Crippen LogP contribution in [0.4, 0.5) is 0 Å². The van der Waals surface area contributed by atoms with Crippen molar-refractivity contribution in [2.24, 2.45) is 0 Å². The molecule has 2 aromatic heterocycles. The minimum atomic E-state index is 0.0179. The Morgan fingerprint density at radius 2 is 1.96 bits per heavy atom. The predicted octanol–water partition coefficient (Wildman–Crippen LogP) is 4.76. The zero-order chi connectivity index (χ0) is 19.3. The number of benzene rings is 1. The van der Waals surface area contributed by atoms with E-state index >= 15 is 0 Å². The summed E-state index contributed by atoms with van der Waals surface area (Å²) in [4.78, 5) is 16.9. The fraction of sp³-hybridized carbons (Fsp3) is 0.500.